The number of aryl methyl sites for hydroxylation is 2. The number of benzene rings is 2. The first-order valence-corrected chi connectivity index (χ1v) is 6.63. The topological polar surface area (TPSA) is 64.4 Å². The molecule has 2 aromatic rings. The van der Waals surface area contributed by atoms with Crippen molar-refractivity contribution in [2.45, 2.75) is 20.4 Å². The zero-order valence-corrected chi connectivity index (χ0v) is 12.3. The van der Waals surface area contributed by atoms with Crippen molar-refractivity contribution in [3.63, 3.8) is 0 Å². The summed E-state index contributed by atoms with van der Waals surface area (Å²) in [6, 6.07) is 10.8. The lowest BCUT2D eigenvalue weighted by molar-refractivity contribution is -0.384. The molecule has 1 N–H and O–H groups in total. The number of hydrogen-bond donors (Lipinski definition) is 1. The molecule has 0 saturated carbocycles. The van der Waals surface area contributed by atoms with Crippen molar-refractivity contribution >= 4 is 11.4 Å². The Morgan fingerprint density at radius 1 is 1.19 bits per heavy atom. The Bertz CT molecular complexity index is 669. The molecule has 0 aliphatic rings. The Morgan fingerprint density at radius 2 is 1.95 bits per heavy atom. The van der Waals surface area contributed by atoms with E-state index in [-0.39, 0.29) is 5.69 Å². The van der Waals surface area contributed by atoms with E-state index in [1.807, 2.05) is 13.8 Å². The van der Waals surface area contributed by atoms with Gasteiger partial charge in [0.1, 0.15) is 5.75 Å². The Hall–Kier alpha value is -2.56. The molecule has 0 heterocycles. The Kier molecular flexibility index (Phi) is 4.42. The van der Waals surface area contributed by atoms with Crippen LogP contribution in [0.1, 0.15) is 16.7 Å². The van der Waals surface area contributed by atoms with Crippen LogP contribution in [0.15, 0.2) is 36.4 Å². The molecule has 5 heteroatoms. The number of ether oxygens (including phenoxy) is 1. The molecule has 0 aliphatic heterocycles. The van der Waals surface area contributed by atoms with Gasteiger partial charge in [0.15, 0.2) is 0 Å². The van der Waals surface area contributed by atoms with E-state index in [0.717, 1.165) is 5.56 Å². The Labute approximate surface area is 123 Å². The van der Waals surface area contributed by atoms with Gasteiger partial charge in [-0.1, -0.05) is 23.8 Å². The number of nitro benzene ring substituents is 1. The largest absolute Gasteiger partial charge is 0.495 e. The number of nitrogens with zero attached hydrogens (tertiary/aromatic N) is 1. The maximum atomic E-state index is 10.9. The smallest absolute Gasteiger partial charge is 0.271 e. The zero-order chi connectivity index (χ0) is 15.4. The van der Waals surface area contributed by atoms with Crippen molar-refractivity contribution in [2.24, 2.45) is 0 Å². The summed E-state index contributed by atoms with van der Waals surface area (Å²) in [6.07, 6.45) is 0. The van der Waals surface area contributed by atoms with Gasteiger partial charge in [0.25, 0.3) is 5.69 Å². The van der Waals surface area contributed by atoms with Crippen LogP contribution in [0.3, 0.4) is 0 Å². The van der Waals surface area contributed by atoms with E-state index in [2.05, 4.69) is 23.5 Å². The molecule has 0 aromatic heterocycles. The highest BCUT2D eigenvalue weighted by molar-refractivity contribution is 5.61. The number of hydrogen-bond acceptors (Lipinski definition) is 4. The molecule has 0 amide bonds. The number of methoxy groups -OCH3 is 1. The van der Waals surface area contributed by atoms with Crippen molar-refractivity contribution < 1.29 is 9.66 Å². The molecule has 21 heavy (non-hydrogen) atoms. The minimum absolute atomic E-state index is 0.0410. The summed E-state index contributed by atoms with van der Waals surface area (Å²) in [5.41, 5.74) is 4.18. The third-order valence-corrected chi connectivity index (χ3v) is 3.37. The van der Waals surface area contributed by atoms with Gasteiger partial charge in [0.05, 0.1) is 17.7 Å². The van der Waals surface area contributed by atoms with Gasteiger partial charge < -0.3 is 10.1 Å². The zero-order valence-electron chi connectivity index (χ0n) is 12.3. The average molecular weight is 286 g/mol. The number of nitro groups is 1. The van der Waals surface area contributed by atoms with E-state index < -0.39 is 4.92 Å². The standard InChI is InChI=1S/C16H18N2O3/c1-11-4-5-12(2)13(8-11)10-17-15-9-14(18(19)20)6-7-16(15)21-3/h4-9,17H,10H2,1-3H3. The monoisotopic (exact) mass is 286 g/mol. The van der Waals surface area contributed by atoms with Gasteiger partial charge in [-0.05, 0) is 31.0 Å². The fourth-order valence-electron chi connectivity index (χ4n) is 2.13. The second-order valence-corrected chi connectivity index (χ2v) is 4.93. The fourth-order valence-corrected chi connectivity index (χ4v) is 2.13. The van der Waals surface area contributed by atoms with E-state index in [0.29, 0.717) is 18.0 Å². The molecular formula is C16H18N2O3. The molecule has 0 bridgehead atoms. The predicted molar refractivity (Wildman–Crippen MR) is 82.9 cm³/mol. The number of non-ortho nitro benzene ring substituents is 1. The van der Waals surface area contributed by atoms with Crippen molar-refractivity contribution in [2.75, 3.05) is 12.4 Å². The molecule has 5 nitrogen and oxygen atoms in total. The first-order valence-electron chi connectivity index (χ1n) is 6.63. The first kappa shape index (κ1) is 14.8. The third kappa shape index (κ3) is 3.51. The number of nitrogens with one attached hydrogen (secondary N) is 1. The molecule has 0 spiro atoms. The normalized spacial score (nSPS) is 10.2. The van der Waals surface area contributed by atoms with Crippen LogP contribution in [0.2, 0.25) is 0 Å². The minimum Gasteiger partial charge on any atom is -0.495 e. The second kappa shape index (κ2) is 6.26. The van der Waals surface area contributed by atoms with Crippen LogP contribution in [-0.2, 0) is 6.54 Å². The molecule has 0 aliphatic carbocycles. The summed E-state index contributed by atoms with van der Waals surface area (Å²) >= 11 is 0. The molecule has 0 saturated heterocycles. The van der Waals surface area contributed by atoms with Crippen molar-refractivity contribution in [3.8, 4) is 5.75 Å². The second-order valence-electron chi connectivity index (χ2n) is 4.93. The van der Waals surface area contributed by atoms with Gasteiger partial charge in [0.2, 0.25) is 0 Å². The summed E-state index contributed by atoms with van der Waals surface area (Å²) in [5, 5.41) is 14.1. The number of anilines is 1. The average Bonchev–Trinajstić information content (AvgIpc) is 2.47. The fraction of sp³-hybridized carbons (Fsp3) is 0.250. The molecule has 2 aromatic carbocycles. The molecule has 110 valence electrons. The molecule has 0 unspecified atom stereocenters. The summed E-state index contributed by atoms with van der Waals surface area (Å²) in [6.45, 7) is 4.67. The van der Waals surface area contributed by atoms with Crippen molar-refractivity contribution in [1.82, 2.24) is 0 Å². The Morgan fingerprint density at radius 3 is 2.62 bits per heavy atom. The summed E-state index contributed by atoms with van der Waals surface area (Å²) in [5.74, 6) is 0.589. The van der Waals surface area contributed by atoms with Gasteiger partial charge in [-0.25, -0.2) is 0 Å². The van der Waals surface area contributed by atoms with Crippen LogP contribution >= 0.6 is 0 Å². The SMILES string of the molecule is COc1ccc([N+](=O)[O-])cc1NCc1cc(C)ccc1C. The lowest BCUT2D eigenvalue weighted by Gasteiger charge is -2.13. The van der Waals surface area contributed by atoms with Crippen LogP contribution in [-0.4, -0.2) is 12.0 Å². The van der Waals surface area contributed by atoms with E-state index in [1.165, 1.54) is 23.3 Å². The van der Waals surface area contributed by atoms with E-state index in [9.17, 15) is 10.1 Å². The first-order chi connectivity index (χ1) is 10.0. The van der Waals surface area contributed by atoms with Crippen LogP contribution < -0.4 is 10.1 Å². The summed E-state index contributed by atoms with van der Waals surface area (Å²) in [4.78, 5) is 10.4. The van der Waals surface area contributed by atoms with E-state index in [4.69, 9.17) is 4.74 Å². The van der Waals surface area contributed by atoms with Crippen LogP contribution in [0.4, 0.5) is 11.4 Å². The highest BCUT2D eigenvalue weighted by Crippen LogP contribution is 2.29. The van der Waals surface area contributed by atoms with Crippen molar-refractivity contribution in [1.29, 1.82) is 0 Å². The maximum Gasteiger partial charge on any atom is 0.271 e. The van der Waals surface area contributed by atoms with Gasteiger partial charge >= 0.3 is 0 Å². The van der Waals surface area contributed by atoms with Gasteiger partial charge in [-0.3, -0.25) is 10.1 Å². The number of rotatable bonds is 5. The van der Waals surface area contributed by atoms with Crippen LogP contribution in [0, 0.1) is 24.0 Å². The maximum absolute atomic E-state index is 10.9. The summed E-state index contributed by atoms with van der Waals surface area (Å²) < 4.78 is 5.24. The molecule has 0 fully saturated rings. The third-order valence-electron chi connectivity index (χ3n) is 3.37. The molecule has 0 atom stereocenters. The molecular weight excluding hydrogens is 268 g/mol. The van der Waals surface area contributed by atoms with Crippen LogP contribution in [0.25, 0.3) is 0 Å². The quantitative estimate of drug-likeness (QED) is 0.670. The minimum atomic E-state index is -0.414. The van der Waals surface area contributed by atoms with Gasteiger partial charge in [-0.15, -0.1) is 0 Å². The lowest BCUT2D eigenvalue weighted by atomic mass is 10.1. The molecule has 0 radical (unpaired) electrons. The molecule has 2 rings (SSSR count). The highest BCUT2D eigenvalue weighted by Gasteiger charge is 2.11. The van der Waals surface area contributed by atoms with E-state index >= 15 is 0 Å². The summed E-state index contributed by atoms with van der Waals surface area (Å²) in [7, 11) is 1.55. The van der Waals surface area contributed by atoms with Crippen molar-refractivity contribution in [3.05, 3.63) is 63.2 Å². The lowest BCUT2D eigenvalue weighted by Crippen LogP contribution is -2.04. The van der Waals surface area contributed by atoms with E-state index in [1.54, 1.807) is 13.2 Å². The predicted octanol–water partition coefficient (Wildman–Crippen LogP) is 3.83. The Balaban J connectivity index is 2.24. The van der Waals surface area contributed by atoms with Crippen LogP contribution in [0.5, 0.6) is 5.75 Å². The van der Waals surface area contributed by atoms with Gasteiger partial charge in [-0.2, -0.15) is 0 Å². The van der Waals surface area contributed by atoms with Gasteiger partial charge in [0, 0.05) is 18.7 Å². The highest BCUT2D eigenvalue weighted by atomic mass is 16.6.